The fourth-order valence-electron chi connectivity index (χ4n) is 1.29. The Morgan fingerprint density at radius 3 is 3.00 bits per heavy atom. The zero-order chi connectivity index (χ0) is 9.26. The van der Waals surface area contributed by atoms with Crippen molar-refractivity contribution in [1.29, 1.82) is 0 Å². The summed E-state index contributed by atoms with van der Waals surface area (Å²) in [5.41, 5.74) is 8.83. The number of H-pyrrole nitrogens is 1. The van der Waals surface area contributed by atoms with Crippen LogP contribution < -0.4 is 5.73 Å². The molecule has 0 aliphatic rings. The summed E-state index contributed by atoms with van der Waals surface area (Å²) < 4.78 is 0. The minimum absolute atomic E-state index is 0.563. The smallest absolute Gasteiger partial charge is 0.132 e. The molecule has 0 aliphatic carbocycles. The molecule has 0 amide bonds. The van der Waals surface area contributed by atoms with Crippen molar-refractivity contribution in [2.45, 2.75) is 6.92 Å². The van der Waals surface area contributed by atoms with Gasteiger partial charge in [0.05, 0.1) is 0 Å². The average Bonchev–Trinajstić information content (AvgIpc) is 2.61. The number of aromatic nitrogens is 2. The van der Waals surface area contributed by atoms with Crippen LogP contribution in [-0.2, 0) is 0 Å². The second-order valence-electron chi connectivity index (χ2n) is 3.03. The molecule has 0 atom stereocenters. The van der Waals surface area contributed by atoms with E-state index in [0.29, 0.717) is 5.82 Å². The Balaban J connectivity index is 2.57. The summed E-state index contributed by atoms with van der Waals surface area (Å²) in [4.78, 5) is 7.19. The summed E-state index contributed by atoms with van der Waals surface area (Å²) in [6, 6.07) is 5.94. The van der Waals surface area contributed by atoms with Crippen LogP contribution in [0.15, 0.2) is 30.6 Å². The Labute approximate surface area is 76.6 Å². The van der Waals surface area contributed by atoms with Crippen molar-refractivity contribution in [3.63, 3.8) is 0 Å². The van der Waals surface area contributed by atoms with E-state index in [2.05, 4.69) is 9.97 Å². The summed E-state index contributed by atoms with van der Waals surface area (Å²) in [6.45, 7) is 2.00. The van der Waals surface area contributed by atoms with E-state index in [1.807, 2.05) is 31.3 Å². The van der Waals surface area contributed by atoms with Gasteiger partial charge in [0.2, 0.25) is 0 Å². The molecule has 2 rings (SSSR count). The Morgan fingerprint density at radius 1 is 1.46 bits per heavy atom. The van der Waals surface area contributed by atoms with Gasteiger partial charge in [-0.05, 0) is 30.7 Å². The highest BCUT2D eigenvalue weighted by atomic mass is 14.8. The molecule has 0 fully saturated rings. The third-order valence-corrected chi connectivity index (χ3v) is 1.94. The molecule has 3 N–H and O–H groups in total. The molecule has 0 bridgehead atoms. The summed E-state index contributed by atoms with van der Waals surface area (Å²) in [7, 11) is 0. The second-order valence-corrected chi connectivity index (χ2v) is 3.03. The maximum Gasteiger partial charge on any atom is 0.132 e. The molecule has 2 aromatic rings. The van der Waals surface area contributed by atoms with Gasteiger partial charge < -0.3 is 10.7 Å². The van der Waals surface area contributed by atoms with E-state index in [9.17, 15) is 0 Å². The lowest BCUT2D eigenvalue weighted by molar-refractivity contribution is 1.26. The molecule has 0 spiro atoms. The normalized spacial score (nSPS) is 10.2. The first-order valence-corrected chi connectivity index (χ1v) is 4.13. The molecule has 0 saturated carbocycles. The van der Waals surface area contributed by atoms with Crippen molar-refractivity contribution in [3.05, 3.63) is 36.2 Å². The minimum atomic E-state index is 0.563. The number of pyridine rings is 1. The average molecular weight is 173 g/mol. The topological polar surface area (TPSA) is 54.7 Å². The monoisotopic (exact) mass is 173 g/mol. The first-order valence-electron chi connectivity index (χ1n) is 4.13. The van der Waals surface area contributed by atoms with Gasteiger partial charge in [-0.15, -0.1) is 0 Å². The first-order chi connectivity index (χ1) is 6.27. The lowest BCUT2D eigenvalue weighted by Gasteiger charge is -2.02. The molecule has 0 aliphatic heterocycles. The third-order valence-electron chi connectivity index (χ3n) is 1.94. The van der Waals surface area contributed by atoms with Crippen LogP contribution in [0.1, 0.15) is 5.56 Å². The van der Waals surface area contributed by atoms with Crippen LogP contribution in [0.3, 0.4) is 0 Å². The summed E-state index contributed by atoms with van der Waals surface area (Å²) >= 11 is 0. The van der Waals surface area contributed by atoms with E-state index in [0.717, 1.165) is 16.8 Å². The Hall–Kier alpha value is -1.77. The molecule has 0 radical (unpaired) electrons. The molecule has 0 aromatic carbocycles. The molecule has 66 valence electrons. The van der Waals surface area contributed by atoms with Crippen molar-refractivity contribution in [2.75, 3.05) is 5.73 Å². The standard InChI is InChI=1S/C10H11N3/c1-7-5-8(10(11)13-6-7)9-3-2-4-12-9/h2-6,12H,1H3,(H2,11,13). The SMILES string of the molecule is Cc1cnc(N)c(-c2ccc[nH]2)c1. The van der Waals surface area contributed by atoms with E-state index in [4.69, 9.17) is 5.73 Å². The number of anilines is 1. The Morgan fingerprint density at radius 2 is 2.31 bits per heavy atom. The minimum Gasteiger partial charge on any atom is -0.383 e. The Kier molecular flexibility index (Phi) is 1.77. The molecule has 13 heavy (non-hydrogen) atoms. The highest BCUT2D eigenvalue weighted by Gasteiger charge is 2.03. The molecule has 2 aromatic heterocycles. The van der Waals surface area contributed by atoms with Gasteiger partial charge in [-0.25, -0.2) is 4.98 Å². The highest BCUT2D eigenvalue weighted by molar-refractivity contribution is 5.71. The molecular weight excluding hydrogens is 162 g/mol. The lowest BCUT2D eigenvalue weighted by Crippen LogP contribution is -1.94. The van der Waals surface area contributed by atoms with Gasteiger partial charge in [-0.1, -0.05) is 0 Å². The van der Waals surface area contributed by atoms with Crippen molar-refractivity contribution >= 4 is 5.82 Å². The first kappa shape index (κ1) is 7.86. The van der Waals surface area contributed by atoms with E-state index in [1.54, 1.807) is 6.20 Å². The van der Waals surface area contributed by atoms with Gasteiger partial charge in [-0.2, -0.15) is 0 Å². The van der Waals surface area contributed by atoms with Crippen LogP contribution in [0, 0.1) is 6.92 Å². The van der Waals surface area contributed by atoms with Gasteiger partial charge in [0.25, 0.3) is 0 Å². The largest absolute Gasteiger partial charge is 0.383 e. The van der Waals surface area contributed by atoms with Crippen LogP contribution in [-0.4, -0.2) is 9.97 Å². The molecule has 3 nitrogen and oxygen atoms in total. The zero-order valence-corrected chi connectivity index (χ0v) is 7.41. The molecule has 2 heterocycles. The van der Waals surface area contributed by atoms with E-state index < -0.39 is 0 Å². The number of hydrogen-bond acceptors (Lipinski definition) is 2. The van der Waals surface area contributed by atoms with Gasteiger partial charge in [-0.3, -0.25) is 0 Å². The second kappa shape index (κ2) is 2.94. The van der Waals surface area contributed by atoms with Crippen LogP contribution in [0.5, 0.6) is 0 Å². The van der Waals surface area contributed by atoms with Gasteiger partial charge in [0, 0.05) is 23.7 Å². The molecule has 0 unspecified atom stereocenters. The summed E-state index contributed by atoms with van der Waals surface area (Å²) in [6.07, 6.45) is 3.64. The quantitative estimate of drug-likeness (QED) is 0.692. The van der Waals surface area contributed by atoms with Crippen molar-refractivity contribution in [3.8, 4) is 11.3 Å². The molecule has 3 heteroatoms. The Bertz CT molecular complexity index is 404. The highest BCUT2D eigenvalue weighted by Crippen LogP contribution is 2.22. The lowest BCUT2D eigenvalue weighted by atomic mass is 10.1. The number of aryl methyl sites for hydroxylation is 1. The van der Waals surface area contributed by atoms with Crippen LogP contribution in [0.25, 0.3) is 11.3 Å². The van der Waals surface area contributed by atoms with Crippen molar-refractivity contribution in [1.82, 2.24) is 9.97 Å². The fourth-order valence-corrected chi connectivity index (χ4v) is 1.29. The summed E-state index contributed by atoms with van der Waals surface area (Å²) in [5.74, 6) is 0.563. The number of nitrogens with two attached hydrogens (primary N) is 1. The van der Waals surface area contributed by atoms with E-state index >= 15 is 0 Å². The van der Waals surface area contributed by atoms with Gasteiger partial charge in [0.1, 0.15) is 5.82 Å². The van der Waals surface area contributed by atoms with E-state index in [1.165, 1.54) is 0 Å². The van der Waals surface area contributed by atoms with E-state index in [-0.39, 0.29) is 0 Å². The number of nitrogens with zero attached hydrogens (tertiary/aromatic N) is 1. The van der Waals surface area contributed by atoms with Crippen LogP contribution in [0.4, 0.5) is 5.82 Å². The predicted octanol–water partition coefficient (Wildman–Crippen LogP) is 1.97. The van der Waals surface area contributed by atoms with Crippen LogP contribution in [0.2, 0.25) is 0 Å². The molecular formula is C10H11N3. The maximum absolute atomic E-state index is 5.75. The van der Waals surface area contributed by atoms with Crippen LogP contribution >= 0.6 is 0 Å². The third kappa shape index (κ3) is 1.40. The maximum atomic E-state index is 5.75. The molecule has 0 saturated heterocycles. The van der Waals surface area contributed by atoms with Gasteiger partial charge in [0.15, 0.2) is 0 Å². The van der Waals surface area contributed by atoms with Crippen molar-refractivity contribution in [2.24, 2.45) is 0 Å². The van der Waals surface area contributed by atoms with Gasteiger partial charge >= 0.3 is 0 Å². The zero-order valence-electron chi connectivity index (χ0n) is 7.41. The number of nitrogen functional groups attached to an aromatic ring is 1. The predicted molar refractivity (Wildman–Crippen MR) is 53.2 cm³/mol. The number of rotatable bonds is 1. The number of hydrogen-bond donors (Lipinski definition) is 2. The summed E-state index contributed by atoms with van der Waals surface area (Å²) in [5, 5.41) is 0. The number of aromatic amines is 1. The van der Waals surface area contributed by atoms with Crippen molar-refractivity contribution < 1.29 is 0 Å². The number of nitrogens with one attached hydrogen (secondary N) is 1. The fraction of sp³-hybridized carbons (Fsp3) is 0.100.